The molecule has 0 aliphatic carbocycles. The average Bonchev–Trinajstić information content (AvgIpc) is 2.80. The molecule has 0 aliphatic rings. The molecule has 18 heavy (non-hydrogen) atoms. The Labute approximate surface area is 108 Å². The van der Waals surface area contributed by atoms with Crippen LogP contribution in [-0.2, 0) is 0 Å². The van der Waals surface area contributed by atoms with Crippen molar-refractivity contribution in [2.24, 2.45) is 11.7 Å². The second-order valence-electron chi connectivity index (χ2n) is 4.46. The fraction of sp³-hybridized carbons (Fsp3) is 0.308. The maximum Gasteiger partial charge on any atom is 0.132 e. The number of nitrogens with two attached hydrogens (primary N) is 1. The summed E-state index contributed by atoms with van der Waals surface area (Å²) in [6, 6.07) is 3.16. The van der Waals surface area contributed by atoms with E-state index in [1.165, 1.54) is 11.3 Å². The van der Waals surface area contributed by atoms with Crippen LogP contribution in [0.2, 0.25) is 0 Å². The predicted octanol–water partition coefficient (Wildman–Crippen LogP) is 3.74. The molecule has 0 saturated carbocycles. The van der Waals surface area contributed by atoms with Gasteiger partial charge in [-0.1, -0.05) is 13.8 Å². The number of halogens is 2. The first-order valence-corrected chi connectivity index (χ1v) is 6.53. The van der Waals surface area contributed by atoms with Gasteiger partial charge in [0.25, 0.3) is 0 Å². The maximum atomic E-state index is 13.6. The number of thiazole rings is 1. The number of aromatic nitrogens is 1. The molecule has 1 atom stereocenters. The fourth-order valence-electron chi connectivity index (χ4n) is 1.54. The topological polar surface area (TPSA) is 38.9 Å². The summed E-state index contributed by atoms with van der Waals surface area (Å²) in [5.74, 6) is -0.707. The highest BCUT2D eigenvalue weighted by Crippen LogP contribution is 2.29. The zero-order chi connectivity index (χ0) is 13.3. The quantitative estimate of drug-likeness (QED) is 0.921. The van der Waals surface area contributed by atoms with E-state index in [-0.39, 0.29) is 17.5 Å². The van der Waals surface area contributed by atoms with Crippen LogP contribution < -0.4 is 5.73 Å². The van der Waals surface area contributed by atoms with Crippen molar-refractivity contribution in [1.29, 1.82) is 0 Å². The highest BCUT2D eigenvalue weighted by Gasteiger charge is 2.16. The lowest BCUT2D eigenvalue weighted by Gasteiger charge is -2.11. The first-order chi connectivity index (χ1) is 8.49. The van der Waals surface area contributed by atoms with Crippen molar-refractivity contribution in [1.82, 2.24) is 4.98 Å². The van der Waals surface area contributed by atoms with Crippen molar-refractivity contribution in [2.75, 3.05) is 0 Å². The zero-order valence-corrected chi connectivity index (χ0v) is 11.0. The third-order valence-corrected chi connectivity index (χ3v) is 3.68. The van der Waals surface area contributed by atoms with Gasteiger partial charge in [0.2, 0.25) is 0 Å². The Morgan fingerprint density at radius 3 is 2.67 bits per heavy atom. The summed E-state index contributed by atoms with van der Waals surface area (Å²) in [7, 11) is 0. The molecule has 0 aliphatic heterocycles. The van der Waals surface area contributed by atoms with Crippen molar-refractivity contribution in [2.45, 2.75) is 19.9 Å². The summed E-state index contributed by atoms with van der Waals surface area (Å²) < 4.78 is 26.7. The largest absolute Gasteiger partial charge is 0.322 e. The van der Waals surface area contributed by atoms with Crippen LogP contribution in [-0.4, -0.2) is 4.98 Å². The SMILES string of the molecule is CC(C)C(N)c1nc(-c2cc(F)ccc2F)cs1. The van der Waals surface area contributed by atoms with Crippen molar-refractivity contribution in [3.8, 4) is 11.3 Å². The minimum Gasteiger partial charge on any atom is -0.322 e. The number of hydrogen-bond acceptors (Lipinski definition) is 3. The molecule has 0 fully saturated rings. The lowest BCUT2D eigenvalue weighted by molar-refractivity contribution is 0.512. The van der Waals surface area contributed by atoms with Crippen LogP contribution in [0.25, 0.3) is 11.3 Å². The molecule has 1 heterocycles. The fourth-order valence-corrected chi connectivity index (χ4v) is 2.54. The molecular weight excluding hydrogens is 254 g/mol. The third-order valence-electron chi connectivity index (χ3n) is 2.73. The molecule has 96 valence electrons. The highest BCUT2D eigenvalue weighted by molar-refractivity contribution is 7.10. The van der Waals surface area contributed by atoms with Crippen LogP contribution in [0, 0.1) is 17.6 Å². The molecule has 2 nitrogen and oxygen atoms in total. The van der Waals surface area contributed by atoms with E-state index in [0.29, 0.717) is 5.69 Å². The predicted molar refractivity (Wildman–Crippen MR) is 69.2 cm³/mol. The summed E-state index contributed by atoms with van der Waals surface area (Å²) in [6.07, 6.45) is 0. The first-order valence-electron chi connectivity index (χ1n) is 5.65. The van der Waals surface area contributed by atoms with E-state index in [1.807, 2.05) is 13.8 Å². The molecule has 2 rings (SSSR count). The Bertz CT molecular complexity index is 552. The van der Waals surface area contributed by atoms with E-state index >= 15 is 0 Å². The van der Waals surface area contributed by atoms with Crippen LogP contribution in [0.3, 0.4) is 0 Å². The lowest BCUT2D eigenvalue weighted by Crippen LogP contribution is -2.16. The number of nitrogens with zero attached hydrogens (tertiary/aromatic N) is 1. The molecule has 5 heteroatoms. The van der Waals surface area contributed by atoms with Crippen molar-refractivity contribution < 1.29 is 8.78 Å². The van der Waals surface area contributed by atoms with Crippen molar-refractivity contribution in [3.63, 3.8) is 0 Å². The molecule has 0 saturated heterocycles. The van der Waals surface area contributed by atoms with E-state index in [1.54, 1.807) is 5.38 Å². The average molecular weight is 268 g/mol. The van der Waals surface area contributed by atoms with Gasteiger partial charge in [-0.15, -0.1) is 11.3 Å². The molecule has 2 aromatic rings. The summed E-state index contributed by atoms with van der Waals surface area (Å²) in [4.78, 5) is 4.29. The molecule has 0 amide bonds. The Balaban J connectivity index is 2.38. The molecular formula is C13H14F2N2S. The summed E-state index contributed by atoms with van der Waals surface area (Å²) in [5, 5.41) is 2.44. The van der Waals surface area contributed by atoms with Gasteiger partial charge in [-0.25, -0.2) is 13.8 Å². The Hall–Kier alpha value is -1.33. The molecule has 2 N–H and O–H groups in total. The van der Waals surface area contributed by atoms with Crippen LogP contribution >= 0.6 is 11.3 Å². The van der Waals surface area contributed by atoms with Gasteiger partial charge in [0.15, 0.2) is 0 Å². The van der Waals surface area contributed by atoms with Crippen LogP contribution in [0.5, 0.6) is 0 Å². The van der Waals surface area contributed by atoms with Crippen molar-refractivity contribution >= 4 is 11.3 Å². The van der Waals surface area contributed by atoms with Gasteiger partial charge in [-0.3, -0.25) is 0 Å². The van der Waals surface area contributed by atoms with Crippen LogP contribution in [0.4, 0.5) is 8.78 Å². The Morgan fingerprint density at radius 2 is 2.00 bits per heavy atom. The van der Waals surface area contributed by atoms with Gasteiger partial charge in [0.05, 0.1) is 11.7 Å². The summed E-state index contributed by atoms with van der Waals surface area (Å²) >= 11 is 1.37. The van der Waals surface area contributed by atoms with E-state index in [4.69, 9.17) is 5.73 Å². The number of benzene rings is 1. The Kier molecular flexibility index (Phi) is 3.73. The molecule has 1 unspecified atom stereocenters. The maximum absolute atomic E-state index is 13.6. The third kappa shape index (κ3) is 2.57. The Morgan fingerprint density at radius 1 is 1.28 bits per heavy atom. The number of rotatable bonds is 3. The number of hydrogen-bond donors (Lipinski definition) is 1. The van der Waals surface area contributed by atoms with Crippen LogP contribution in [0.15, 0.2) is 23.6 Å². The molecule has 0 spiro atoms. The van der Waals surface area contributed by atoms with Gasteiger partial charge in [-0.2, -0.15) is 0 Å². The van der Waals surface area contributed by atoms with E-state index in [0.717, 1.165) is 23.2 Å². The minimum atomic E-state index is -0.480. The molecule has 0 radical (unpaired) electrons. The highest BCUT2D eigenvalue weighted by atomic mass is 32.1. The lowest BCUT2D eigenvalue weighted by atomic mass is 10.1. The van der Waals surface area contributed by atoms with Crippen molar-refractivity contribution in [3.05, 3.63) is 40.2 Å². The van der Waals surface area contributed by atoms with E-state index < -0.39 is 11.6 Å². The first kappa shape index (κ1) is 13.1. The zero-order valence-electron chi connectivity index (χ0n) is 10.2. The molecule has 0 bridgehead atoms. The van der Waals surface area contributed by atoms with E-state index in [9.17, 15) is 8.78 Å². The van der Waals surface area contributed by atoms with Gasteiger partial charge in [0.1, 0.15) is 16.6 Å². The standard InChI is InChI=1S/C13H14F2N2S/c1-7(2)12(16)13-17-11(6-18-13)9-5-8(14)3-4-10(9)15/h3-7,12H,16H2,1-2H3. The normalized spacial score (nSPS) is 13.0. The van der Waals surface area contributed by atoms with E-state index in [2.05, 4.69) is 4.98 Å². The monoisotopic (exact) mass is 268 g/mol. The second-order valence-corrected chi connectivity index (χ2v) is 5.35. The van der Waals surface area contributed by atoms with Gasteiger partial charge >= 0.3 is 0 Å². The molecule has 1 aromatic carbocycles. The summed E-state index contributed by atoms with van der Waals surface area (Å²) in [6.45, 7) is 3.99. The van der Waals surface area contributed by atoms with Crippen LogP contribution in [0.1, 0.15) is 24.9 Å². The van der Waals surface area contributed by atoms with Gasteiger partial charge < -0.3 is 5.73 Å². The summed E-state index contributed by atoms with van der Waals surface area (Å²) in [5.41, 5.74) is 6.59. The van der Waals surface area contributed by atoms with Gasteiger partial charge in [0, 0.05) is 10.9 Å². The smallest absolute Gasteiger partial charge is 0.132 e. The molecule has 1 aromatic heterocycles. The second kappa shape index (κ2) is 5.12. The minimum absolute atomic E-state index is 0.174. The van der Waals surface area contributed by atoms with Gasteiger partial charge in [-0.05, 0) is 24.1 Å².